The molecule has 1 rings (SSSR count). The zero-order valence-corrected chi connectivity index (χ0v) is 14.8. The Hall–Kier alpha value is -1.26. The van der Waals surface area contributed by atoms with Gasteiger partial charge >= 0.3 is 11.9 Å². The number of carbonyl (C=O) groups excluding carboxylic acids is 2. The van der Waals surface area contributed by atoms with Crippen molar-refractivity contribution in [3.63, 3.8) is 0 Å². The van der Waals surface area contributed by atoms with Gasteiger partial charge < -0.3 is 33.2 Å². The summed E-state index contributed by atoms with van der Waals surface area (Å²) in [6.45, 7) is 2.34. The van der Waals surface area contributed by atoms with Crippen molar-refractivity contribution < 1.29 is 42.7 Å². The third-order valence-corrected chi connectivity index (χ3v) is 3.71. The van der Waals surface area contributed by atoms with E-state index in [9.17, 15) is 9.59 Å². The summed E-state index contributed by atoms with van der Waals surface area (Å²) in [6, 6.07) is 0. The van der Waals surface area contributed by atoms with Crippen LogP contribution in [0.15, 0.2) is 0 Å². The molecule has 1 aliphatic rings. The van der Waals surface area contributed by atoms with Gasteiger partial charge in [-0.1, -0.05) is 0 Å². The van der Waals surface area contributed by atoms with Gasteiger partial charge in [-0.05, 0) is 0 Å². The van der Waals surface area contributed by atoms with Crippen LogP contribution in [0.4, 0.5) is 0 Å². The Morgan fingerprint density at radius 1 is 0.875 bits per heavy atom. The van der Waals surface area contributed by atoms with E-state index in [0.29, 0.717) is 0 Å². The summed E-state index contributed by atoms with van der Waals surface area (Å²) in [7, 11) is 5.94. The van der Waals surface area contributed by atoms with E-state index in [0.717, 1.165) is 0 Å². The molecule has 24 heavy (non-hydrogen) atoms. The zero-order chi connectivity index (χ0) is 18.3. The van der Waals surface area contributed by atoms with E-state index < -0.39 is 48.7 Å². The molecule has 140 valence electrons. The van der Waals surface area contributed by atoms with Gasteiger partial charge in [-0.3, -0.25) is 9.59 Å². The highest BCUT2D eigenvalue weighted by molar-refractivity contribution is 5.67. The van der Waals surface area contributed by atoms with Gasteiger partial charge in [0.25, 0.3) is 0 Å². The molecule has 0 unspecified atom stereocenters. The van der Waals surface area contributed by atoms with Gasteiger partial charge in [-0.2, -0.15) is 0 Å². The van der Waals surface area contributed by atoms with Crippen LogP contribution < -0.4 is 0 Å². The van der Waals surface area contributed by atoms with E-state index in [1.165, 1.54) is 42.3 Å². The molecule has 0 bridgehead atoms. The lowest BCUT2D eigenvalue weighted by molar-refractivity contribution is -0.317. The summed E-state index contributed by atoms with van der Waals surface area (Å²) in [5.74, 6) is -1.04. The summed E-state index contributed by atoms with van der Waals surface area (Å²) < 4.78 is 37.7. The van der Waals surface area contributed by atoms with E-state index in [1.807, 2.05) is 0 Å². The maximum Gasteiger partial charge on any atom is 0.303 e. The molecule has 1 saturated heterocycles. The molecule has 1 aliphatic heterocycles. The maximum atomic E-state index is 11.4. The molecule has 1 heterocycles. The van der Waals surface area contributed by atoms with Crippen molar-refractivity contribution in [1.82, 2.24) is 0 Å². The SMILES string of the molecule is CO[C@@H]1O[C@H]([C@@H](COC(C)=O)OC(C)=O)[C@@H](OC)[C@H](OC)[C@H]1OC. The molecule has 6 atom stereocenters. The van der Waals surface area contributed by atoms with Gasteiger partial charge in [0.1, 0.15) is 31.0 Å². The van der Waals surface area contributed by atoms with Crippen LogP contribution in [0.5, 0.6) is 0 Å². The third-order valence-electron chi connectivity index (χ3n) is 3.71. The second-order valence-corrected chi connectivity index (χ2v) is 5.26. The molecule has 0 aromatic rings. The highest BCUT2D eigenvalue weighted by atomic mass is 16.7. The first-order chi connectivity index (χ1) is 11.4. The van der Waals surface area contributed by atoms with E-state index >= 15 is 0 Å². The van der Waals surface area contributed by atoms with E-state index in [-0.39, 0.29) is 6.61 Å². The highest BCUT2D eigenvalue weighted by Crippen LogP contribution is 2.30. The zero-order valence-electron chi connectivity index (χ0n) is 14.8. The Kier molecular flexibility index (Phi) is 8.57. The largest absolute Gasteiger partial charge is 0.462 e. The second-order valence-electron chi connectivity index (χ2n) is 5.26. The lowest BCUT2D eigenvalue weighted by Gasteiger charge is -2.45. The van der Waals surface area contributed by atoms with Crippen LogP contribution in [0, 0.1) is 0 Å². The first-order valence-electron chi connectivity index (χ1n) is 7.46. The van der Waals surface area contributed by atoms with Crippen molar-refractivity contribution in [3.8, 4) is 0 Å². The van der Waals surface area contributed by atoms with E-state index in [2.05, 4.69) is 0 Å². The summed E-state index contributed by atoms with van der Waals surface area (Å²) >= 11 is 0. The quantitative estimate of drug-likeness (QED) is 0.556. The number of ether oxygens (including phenoxy) is 7. The summed E-state index contributed by atoms with van der Waals surface area (Å²) in [6.07, 6.45) is -4.16. The maximum absolute atomic E-state index is 11.4. The van der Waals surface area contributed by atoms with E-state index in [4.69, 9.17) is 33.2 Å². The van der Waals surface area contributed by atoms with Crippen LogP contribution in [0.25, 0.3) is 0 Å². The fourth-order valence-electron chi connectivity index (χ4n) is 2.72. The fourth-order valence-corrected chi connectivity index (χ4v) is 2.72. The Morgan fingerprint density at radius 3 is 1.88 bits per heavy atom. The smallest absolute Gasteiger partial charge is 0.303 e. The van der Waals surface area contributed by atoms with Crippen molar-refractivity contribution in [2.45, 2.75) is 50.7 Å². The Morgan fingerprint density at radius 2 is 1.46 bits per heavy atom. The normalized spacial score (nSPS) is 31.3. The first-order valence-corrected chi connectivity index (χ1v) is 7.46. The Bertz CT molecular complexity index is 414. The van der Waals surface area contributed by atoms with Crippen LogP contribution in [0.2, 0.25) is 0 Å². The molecule has 0 aromatic carbocycles. The van der Waals surface area contributed by atoms with Gasteiger partial charge in [0.2, 0.25) is 0 Å². The molecule has 9 nitrogen and oxygen atoms in total. The topological polar surface area (TPSA) is 98.8 Å². The van der Waals surface area contributed by atoms with Crippen LogP contribution in [-0.2, 0) is 42.7 Å². The van der Waals surface area contributed by atoms with Crippen LogP contribution >= 0.6 is 0 Å². The molecule has 1 fully saturated rings. The minimum atomic E-state index is -0.885. The number of esters is 2. The first kappa shape index (κ1) is 20.8. The number of rotatable bonds is 8. The molecule has 9 heteroatoms. The monoisotopic (exact) mass is 350 g/mol. The third kappa shape index (κ3) is 5.12. The number of methoxy groups -OCH3 is 4. The average Bonchev–Trinajstić information content (AvgIpc) is 2.55. The van der Waals surface area contributed by atoms with Crippen molar-refractivity contribution >= 4 is 11.9 Å². The molecule has 0 saturated carbocycles. The molecule has 0 radical (unpaired) electrons. The Balaban J connectivity index is 3.07. The standard InChI is InChI=1S/C15H26O9/c1-8(16)22-7-10(23-9(2)17)11-12(18-3)13(19-4)14(20-5)15(21-6)24-11/h10-15H,7H2,1-6H3/t10-,11-,12-,13+,14-,15-/m1/s1. The van der Waals surface area contributed by atoms with Crippen LogP contribution in [-0.4, -0.2) is 83.8 Å². The molecule has 0 spiro atoms. The number of hydrogen-bond acceptors (Lipinski definition) is 9. The number of carbonyl (C=O) groups is 2. The molecular formula is C15H26O9. The van der Waals surface area contributed by atoms with Gasteiger partial charge in [-0.25, -0.2) is 0 Å². The molecular weight excluding hydrogens is 324 g/mol. The summed E-state index contributed by atoms with van der Waals surface area (Å²) in [4.78, 5) is 22.5. The van der Waals surface area contributed by atoms with Gasteiger partial charge in [0, 0.05) is 42.3 Å². The van der Waals surface area contributed by atoms with Crippen LogP contribution in [0.3, 0.4) is 0 Å². The molecule has 0 aliphatic carbocycles. The minimum Gasteiger partial charge on any atom is -0.462 e. The van der Waals surface area contributed by atoms with Crippen molar-refractivity contribution in [2.24, 2.45) is 0 Å². The fraction of sp³-hybridized carbons (Fsp3) is 0.867. The second kappa shape index (κ2) is 9.90. The van der Waals surface area contributed by atoms with Crippen LogP contribution in [0.1, 0.15) is 13.8 Å². The summed E-state index contributed by atoms with van der Waals surface area (Å²) in [5, 5.41) is 0. The van der Waals surface area contributed by atoms with Crippen molar-refractivity contribution in [2.75, 3.05) is 35.0 Å². The van der Waals surface area contributed by atoms with Gasteiger partial charge in [0.15, 0.2) is 12.4 Å². The lowest BCUT2D eigenvalue weighted by Crippen LogP contribution is -2.63. The molecule has 0 N–H and O–H groups in total. The lowest BCUT2D eigenvalue weighted by atomic mass is 9.94. The van der Waals surface area contributed by atoms with Gasteiger partial charge in [-0.15, -0.1) is 0 Å². The van der Waals surface area contributed by atoms with Gasteiger partial charge in [0.05, 0.1) is 0 Å². The van der Waals surface area contributed by atoms with Crippen molar-refractivity contribution in [3.05, 3.63) is 0 Å². The molecule has 0 amide bonds. The van der Waals surface area contributed by atoms with Crippen molar-refractivity contribution in [1.29, 1.82) is 0 Å². The minimum absolute atomic E-state index is 0.177. The summed E-state index contributed by atoms with van der Waals surface area (Å²) in [5.41, 5.74) is 0. The Labute approximate surface area is 141 Å². The van der Waals surface area contributed by atoms with E-state index in [1.54, 1.807) is 0 Å². The predicted octanol–water partition coefficient (Wildman–Crippen LogP) is -0.102. The number of hydrogen-bond donors (Lipinski definition) is 0. The average molecular weight is 350 g/mol. The predicted molar refractivity (Wildman–Crippen MR) is 80.2 cm³/mol. The highest BCUT2D eigenvalue weighted by Gasteiger charge is 2.51. The molecule has 0 aromatic heterocycles.